The van der Waals surface area contributed by atoms with Crippen LogP contribution < -0.4 is 5.32 Å². The lowest BCUT2D eigenvalue weighted by molar-refractivity contribution is 0.592. The second-order valence-electron chi connectivity index (χ2n) is 7.48. The summed E-state index contributed by atoms with van der Waals surface area (Å²) >= 11 is 1.46. The van der Waals surface area contributed by atoms with Crippen molar-refractivity contribution in [3.63, 3.8) is 0 Å². The molecule has 0 spiro atoms. The van der Waals surface area contributed by atoms with Gasteiger partial charge in [0.2, 0.25) is 14.9 Å². The monoisotopic (exact) mass is 467 g/mol. The number of benzene rings is 2. The molecule has 0 aliphatic heterocycles. The number of aromatic nitrogens is 4. The molecule has 0 radical (unpaired) electrons. The summed E-state index contributed by atoms with van der Waals surface area (Å²) in [6, 6.07) is 13.3. The van der Waals surface area contributed by atoms with Gasteiger partial charge in [-0.05, 0) is 60.2 Å². The minimum absolute atomic E-state index is 0.151. The third kappa shape index (κ3) is 3.41. The van der Waals surface area contributed by atoms with Crippen LogP contribution in [0, 0.1) is 19.7 Å². The van der Waals surface area contributed by atoms with Crippen LogP contribution in [0.2, 0.25) is 0 Å². The van der Waals surface area contributed by atoms with Gasteiger partial charge in [-0.3, -0.25) is 0 Å². The number of hydrogen-bond donors (Lipinski definition) is 1. The smallest absolute Gasteiger partial charge is 0.229 e. The van der Waals surface area contributed by atoms with Crippen LogP contribution in [-0.4, -0.2) is 28.2 Å². The highest BCUT2D eigenvalue weighted by molar-refractivity contribution is 7.91. The van der Waals surface area contributed by atoms with E-state index in [-0.39, 0.29) is 21.4 Å². The zero-order valence-corrected chi connectivity index (χ0v) is 18.8. The van der Waals surface area contributed by atoms with Crippen LogP contribution in [-0.2, 0) is 16.4 Å². The molecule has 3 heterocycles. The zero-order chi connectivity index (χ0) is 22.5. The van der Waals surface area contributed by atoms with E-state index in [0.29, 0.717) is 23.4 Å². The molecule has 0 unspecified atom stereocenters. The number of nitrogens with one attached hydrogen (secondary N) is 1. The van der Waals surface area contributed by atoms with Gasteiger partial charge in [-0.1, -0.05) is 29.5 Å². The first-order valence-corrected chi connectivity index (χ1v) is 12.1. The molecule has 0 aliphatic rings. The quantitative estimate of drug-likeness (QED) is 0.408. The van der Waals surface area contributed by atoms with Gasteiger partial charge in [0.1, 0.15) is 11.6 Å². The van der Waals surface area contributed by atoms with E-state index in [4.69, 9.17) is 0 Å². The summed E-state index contributed by atoms with van der Waals surface area (Å²) in [5, 5.41) is 13.0. The van der Waals surface area contributed by atoms with Crippen molar-refractivity contribution in [1.29, 1.82) is 0 Å². The molecule has 3 aromatic heterocycles. The van der Waals surface area contributed by atoms with Gasteiger partial charge in [0.25, 0.3) is 0 Å². The fourth-order valence-corrected chi connectivity index (χ4v) is 5.90. The van der Waals surface area contributed by atoms with E-state index in [1.54, 1.807) is 31.2 Å². The Bertz CT molecular complexity index is 1570. The van der Waals surface area contributed by atoms with Gasteiger partial charge in [0, 0.05) is 6.54 Å². The fourth-order valence-electron chi connectivity index (χ4n) is 3.51. The number of hydrogen-bond acceptors (Lipinski definition) is 7. The Morgan fingerprint density at radius 2 is 1.88 bits per heavy atom. The largest absolute Gasteiger partial charge is 0.365 e. The van der Waals surface area contributed by atoms with Gasteiger partial charge in [-0.25, -0.2) is 17.8 Å². The molecule has 10 heteroatoms. The first-order chi connectivity index (χ1) is 15.3. The van der Waals surface area contributed by atoms with Crippen LogP contribution in [0.4, 0.5) is 10.2 Å². The number of nitrogens with zero attached hydrogens (tertiary/aromatic N) is 4. The first-order valence-electron chi connectivity index (χ1n) is 9.78. The summed E-state index contributed by atoms with van der Waals surface area (Å²) in [7, 11) is -3.94. The van der Waals surface area contributed by atoms with Gasteiger partial charge in [0.15, 0.2) is 5.65 Å². The maximum Gasteiger partial charge on any atom is 0.229 e. The Morgan fingerprint density at radius 1 is 1.09 bits per heavy atom. The molecule has 0 saturated heterocycles. The number of sulfone groups is 1. The molecular weight excluding hydrogens is 449 g/mol. The summed E-state index contributed by atoms with van der Waals surface area (Å²) < 4.78 is 42.4. The van der Waals surface area contributed by atoms with Gasteiger partial charge < -0.3 is 5.32 Å². The number of fused-ring (bicyclic) bond motifs is 3. The van der Waals surface area contributed by atoms with Crippen LogP contribution >= 0.6 is 11.3 Å². The second kappa shape index (κ2) is 7.64. The van der Waals surface area contributed by atoms with Gasteiger partial charge in [-0.15, -0.1) is 16.4 Å². The van der Waals surface area contributed by atoms with Crippen molar-refractivity contribution in [3.8, 4) is 0 Å². The normalized spacial score (nSPS) is 12.0. The SMILES string of the molecule is Cc1ccc(C)c(S(=O)(=O)c2nnn3c2nc(NCc2ccc(F)cc2)c2sccc23)c1. The van der Waals surface area contributed by atoms with Crippen molar-refractivity contribution in [3.05, 3.63) is 76.4 Å². The number of anilines is 1. The minimum atomic E-state index is -3.94. The van der Waals surface area contributed by atoms with Crippen molar-refractivity contribution in [2.45, 2.75) is 30.3 Å². The van der Waals surface area contributed by atoms with Gasteiger partial charge >= 0.3 is 0 Å². The molecule has 0 fully saturated rings. The highest BCUT2D eigenvalue weighted by atomic mass is 32.2. The van der Waals surface area contributed by atoms with Crippen molar-refractivity contribution in [2.24, 2.45) is 0 Å². The lowest BCUT2D eigenvalue weighted by atomic mass is 10.2. The Balaban J connectivity index is 1.64. The van der Waals surface area contributed by atoms with Crippen LogP contribution in [0.5, 0.6) is 0 Å². The maximum absolute atomic E-state index is 13.5. The molecule has 2 aromatic carbocycles. The van der Waals surface area contributed by atoms with Gasteiger partial charge in [-0.2, -0.15) is 4.52 Å². The molecule has 32 heavy (non-hydrogen) atoms. The van der Waals surface area contributed by atoms with Crippen LogP contribution in [0.25, 0.3) is 15.9 Å². The Labute approximate surface area is 187 Å². The highest BCUT2D eigenvalue weighted by Crippen LogP contribution is 2.32. The topological polar surface area (TPSA) is 89.2 Å². The summed E-state index contributed by atoms with van der Waals surface area (Å²) in [4.78, 5) is 4.78. The first kappa shape index (κ1) is 20.5. The van der Waals surface area contributed by atoms with Crippen LogP contribution in [0.1, 0.15) is 16.7 Å². The molecule has 5 rings (SSSR count). The molecule has 0 amide bonds. The fraction of sp³-hybridized carbons (Fsp3) is 0.136. The summed E-state index contributed by atoms with van der Waals surface area (Å²) in [5.41, 5.74) is 3.19. The van der Waals surface area contributed by atoms with E-state index in [2.05, 4.69) is 20.6 Å². The number of halogens is 1. The Hall–Kier alpha value is -3.37. The summed E-state index contributed by atoms with van der Waals surface area (Å²) in [6.45, 7) is 3.99. The predicted octanol–water partition coefficient (Wildman–Crippen LogP) is 4.54. The zero-order valence-electron chi connectivity index (χ0n) is 17.2. The van der Waals surface area contributed by atoms with E-state index in [1.165, 1.54) is 28.0 Å². The molecule has 0 aliphatic carbocycles. The summed E-state index contributed by atoms with van der Waals surface area (Å²) in [6.07, 6.45) is 0. The van der Waals surface area contributed by atoms with Crippen molar-refractivity contribution in [1.82, 2.24) is 19.8 Å². The highest BCUT2D eigenvalue weighted by Gasteiger charge is 2.28. The molecule has 162 valence electrons. The van der Waals surface area contributed by atoms with E-state index in [1.807, 2.05) is 24.4 Å². The molecular formula is C22H18FN5O2S2. The standard InChI is InChI=1S/C22H18FN5O2S2/c1-13-3-4-14(2)18(11-13)32(29,30)22-21-25-20(24-12-15-5-7-16(23)8-6-15)19-17(9-10-31-19)28(21)27-26-22/h3-11H,12H2,1-2H3,(H,24,25). The Kier molecular flexibility index (Phi) is 4.90. The van der Waals surface area contributed by atoms with E-state index < -0.39 is 9.84 Å². The van der Waals surface area contributed by atoms with Gasteiger partial charge in [0.05, 0.1) is 15.1 Å². The minimum Gasteiger partial charge on any atom is -0.365 e. The number of thiophene rings is 1. The Morgan fingerprint density at radius 3 is 2.66 bits per heavy atom. The lowest BCUT2D eigenvalue weighted by Crippen LogP contribution is -2.08. The second-order valence-corrected chi connectivity index (χ2v) is 10.2. The van der Waals surface area contributed by atoms with Crippen LogP contribution in [0.3, 0.4) is 0 Å². The van der Waals surface area contributed by atoms with Crippen molar-refractivity contribution in [2.75, 3.05) is 5.32 Å². The van der Waals surface area contributed by atoms with Crippen LogP contribution in [0.15, 0.2) is 63.8 Å². The lowest BCUT2D eigenvalue weighted by Gasteiger charge is -2.09. The van der Waals surface area contributed by atoms with Crippen molar-refractivity contribution >= 4 is 42.9 Å². The summed E-state index contributed by atoms with van der Waals surface area (Å²) in [5.74, 6) is 0.215. The van der Waals surface area contributed by atoms with Crippen molar-refractivity contribution < 1.29 is 12.8 Å². The molecule has 0 bridgehead atoms. The van der Waals surface area contributed by atoms with E-state index in [0.717, 1.165) is 15.8 Å². The molecule has 0 atom stereocenters. The molecule has 0 saturated carbocycles. The average Bonchev–Trinajstić information content (AvgIpc) is 3.42. The predicted molar refractivity (Wildman–Crippen MR) is 121 cm³/mol. The molecule has 1 N–H and O–H groups in total. The third-order valence-electron chi connectivity index (χ3n) is 5.18. The third-order valence-corrected chi connectivity index (χ3v) is 7.89. The number of rotatable bonds is 5. The average molecular weight is 468 g/mol. The molecule has 5 aromatic rings. The maximum atomic E-state index is 13.5. The number of aryl methyl sites for hydroxylation is 2. The van der Waals surface area contributed by atoms with E-state index >= 15 is 0 Å². The molecule has 7 nitrogen and oxygen atoms in total. The van der Waals surface area contributed by atoms with E-state index in [9.17, 15) is 12.8 Å².